The monoisotopic (exact) mass is 480 g/mol. The van der Waals surface area contributed by atoms with Crippen LogP contribution in [-0.4, -0.2) is 52.8 Å². The van der Waals surface area contributed by atoms with E-state index in [1.165, 1.54) is 24.1 Å². The lowest BCUT2D eigenvalue weighted by Crippen LogP contribution is -2.40. The number of phenols is 1. The van der Waals surface area contributed by atoms with Crippen molar-refractivity contribution >= 4 is 28.3 Å². The van der Waals surface area contributed by atoms with Crippen molar-refractivity contribution in [2.45, 2.75) is 38.2 Å². The van der Waals surface area contributed by atoms with E-state index in [0.29, 0.717) is 16.1 Å². The fourth-order valence-electron chi connectivity index (χ4n) is 4.19. The molecular weight excluding hydrogens is 461 g/mol. The summed E-state index contributed by atoms with van der Waals surface area (Å²) in [4.78, 5) is 14.2. The van der Waals surface area contributed by atoms with E-state index in [0.717, 1.165) is 12.8 Å². The lowest BCUT2D eigenvalue weighted by atomic mass is 9.98. The molecular formula is C22H20ClF3N4O3. The second-order valence-electron chi connectivity index (χ2n) is 8.20. The van der Waals surface area contributed by atoms with Crippen LogP contribution in [0.25, 0.3) is 22.2 Å². The fourth-order valence-corrected chi connectivity index (χ4v) is 4.55. The van der Waals surface area contributed by atoms with Gasteiger partial charge in [0.05, 0.1) is 19.7 Å². The topological polar surface area (TPSA) is 80.6 Å². The summed E-state index contributed by atoms with van der Waals surface area (Å²) in [6, 6.07) is 2.14. The van der Waals surface area contributed by atoms with Gasteiger partial charge in [0.25, 0.3) is 6.43 Å². The van der Waals surface area contributed by atoms with Gasteiger partial charge in [0.15, 0.2) is 5.82 Å². The van der Waals surface area contributed by atoms with E-state index in [9.17, 15) is 13.9 Å². The molecule has 1 atom stereocenters. The molecule has 3 aromatic rings. The zero-order valence-electron chi connectivity index (χ0n) is 17.8. The third-order valence-corrected chi connectivity index (χ3v) is 6.16. The minimum Gasteiger partial charge on any atom is -0.508 e. The Kier molecular flexibility index (Phi) is 5.35. The van der Waals surface area contributed by atoms with Gasteiger partial charge in [-0.3, -0.25) is 0 Å². The number of benzene rings is 1. The Hall–Kier alpha value is -3.01. The van der Waals surface area contributed by atoms with Gasteiger partial charge in [0, 0.05) is 10.6 Å². The maximum absolute atomic E-state index is 16.0. The molecule has 11 heteroatoms. The van der Waals surface area contributed by atoms with Gasteiger partial charge in [-0.15, -0.1) is 0 Å². The minimum atomic E-state index is -2.65. The van der Waals surface area contributed by atoms with E-state index in [1.54, 1.807) is 6.92 Å². The van der Waals surface area contributed by atoms with Gasteiger partial charge in [-0.1, -0.05) is 11.6 Å². The molecule has 0 radical (unpaired) electrons. The number of rotatable bonds is 5. The molecule has 5 rings (SSSR count). The maximum atomic E-state index is 16.0. The highest BCUT2D eigenvalue weighted by Crippen LogP contribution is 2.50. The standard InChI is InChI=1S/C22H20ClF3N4O3/c1-9-8-33-21-16-19(28-22(32-2)29-20(16)30(9)7-14(24)25)17(26)18(27-21)12-5-11(31)6-13(23)15(12)10-3-4-10/h5-6,9-10,14,31H,3-4,7-8H2,1-2H3/t9-/m0/s1. The molecule has 0 saturated heterocycles. The van der Waals surface area contributed by atoms with Gasteiger partial charge < -0.3 is 19.5 Å². The van der Waals surface area contributed by atoms with Crippen molar-refractivity contribution in [1.82, 2.24) is 15.0 Å². The molecule has 0 spiro atoms. The van der Waals surface area contributed by atoms with Crippen LogP contribution in [0, 0.1) is 5.82 Å². The molecule has 2 aromatic heterocycles. The number of hydrogen-bond donors (Lipinski definition) is 1. The Morgan fingerprint density at radius 3 is 2.70 bits per heavy atom. The van der Waals surface area contributed by atoms with Crippen molar-refractivity contribution in [3.63, 3.8) is 0 Å². The number of halogens is 4. The largest absolute Gasteiger partial charge is 0.508 e. The van der Waals surface area contributed by atoms with Crippen molar-refractivity contribution in [1.29, 1.82) is 0 Å². The molecule has 1 N–H and O–H groups in total. The first-order chi connectivity index (χ1) is 15.8. The van der Waals surface area contributed by atoms with E-state index in [1.807, 2.05) is 0 Å². The number of phenolic OH excluding ortho intramolecular Hbond substituents is 1. The number of aromatic nitrogens is 3. The average molecular weight is 481 g/mol. The Labute approximate surface area is 192 Å². The van der Waals surface area contributed by atoms with Gasteiger partial charge in [-0.2, -0.15) is 9.97 Å². The summed E-state index contributed by atoms with van der Waals surface area (Å²) < 4.78 is 53.7. The van der Waals surface area contributed by atoms with Crippen molar-refractivity contribution in [2.24, 2.45) is 0 Å². The molecule has 0 unspecified atom stereocenters. The third-order valence-electron chi connectivity index (χ3n) is 5.85. The Morgan fingerprint density at radius 1 is 1.27 bits per heavy atom. The molecule has 0 bridgehead atoms. The van der Waals surface area contributed by atoms with E-state index < -0.39 is 24.8 Å². The van der Waals surface area contributed by atoms with E-state index in [-0.39, 0.29) is 52.6 Å². The summed E-state index contributed by atoms with van der Waals surface area (Å²) in [6.07, 6.45) is -0.885. The lowest BCUT2D eigenvalue weighted by molar-refractivity contribution is 0.149. The van der Waals surface area contributed by atoms with Gasteiger partial charge in [0.2, 0.25) is 5.88 Å². The van der Waals surface area contributed by atoms with Gasteiger partial charge >= 0.3 is 6.01 Å². The van der Waals surface area contributed by atoms with E-state index in [4.69, 9.17) is 21.1 Å². The Balaban J connectivity index is 1.82. The summed E-state index contributed by atoms with van der Waals surface area (Å²) in [7, 11) is 1.31. The molecule has 1 fully saturated rings. The van der Waals surface area contributed by atoms with Crippen LogP contribution in [0.15, 0.2) is 12.1 Å². The number of anilines is 1. The smallest absolute Gasteiger partial charge is 0.318 e. The SMILES string of the molecule is COc1nc2c3c(nc(-c4cc(O)cc(Cl)c4C4CC4)c(F)c3n1)OC[C@H](C)N2CC(F)F. The minimum absolute atomic E-state index is 0.0175. The molecule has 3 heterocycles. The fraction of sp³-hybridized carbons (Fsp3) is 0.409. The van der Waals surface area contributed by atoms with Crippen LogP contribution in [0.1, 0.15) is 31.2 Å². The zero-order chi connectivity index (χ0) is 23.4. The number of pyridine rings is 1. The number of methoxy groups -OCH3 is 1. The molecule has 2 aliphatic rings. The van der Waals surface area contributed by atoms with E-state index in [2.05, 4.69) is 15.0 Å². The summed E-state index contributed by atoms with van der Waals surface area (Å²) in [6.45, 7) is 1.09. The first kappa shape index (κ1) is 21.8. The highest BCUT2D eigenvalue weighted by atomic mass is 35.5. The molecule has 1 saturated carbocycles. The Morgan fingerprint density at radius 2 is 2.03 bits per heavy atom. The van der Waals surface area contributed by atoms with Gasteiger partial charge in [-0.25, -0.2) is 18.2 Å². The first-order valence-electron chi connectivity index (χ1n) is 10.4. The van der Waals surface area contributed by atoms with Crippen molar-refractivity contribution in [3.8, 4) is 28.9 Å². The van der Waals surface area contributed by atoms with Crippen LogP contribution in [-0.2, 0) is 0 Å². The molecule has 33 heavy (non-hydrogen) atoms. The second-order valence-corrected chi connectivity index (χ2v) is 8.61. The number of hydrogen-bond acceptors (Lipinski definition) is 7. The predicted molar refractivity (Wildman–Crippen MR) is 116 cm³/mol. The van der Waals surface area contributed by atoms with Crippen molar-refractivity contribution in [3.05, 3.63) is 28.5 Å². The number of ether oxygens (including phenoxy) is 2. The van der Waals surface area contributed by atoms with Crippen molar-refractivity contribution in [2.75, 3.05) is 25.2 Å². The van der Waals surface area contributed by atoms with Gasteiger partial charge in [0.1, 0.15) is 34.8 Å². The third kappa shape index (κ3) is 3.76. The predicted octanol–water partition coefficient (Wildman–Crippen LogP) is 4.93. The van der Waals surface area contributed by atoms with E-state index >= 15 is 4.39 Å². The Bertz CT molecular complexity index is 1260. The molecule has 0 amide bonds. The molecule has 7 nitrogen and oxygen atoms in total. The van der Waals surface area contributed by atoms with Crippen LogP contribution >= 0.6 is 11.6 Å². The maximum Gasteiger partial charge on any atom is 0.318 e. The van der Waals surface area contributed by atoms with Crippen LogP contribution < -0.4 is 14.4 Å². The molecule has 1 aliphatic carbocycles. The average Bonchev–Trinajstić information content (AvgIpc) is 3.61. The van der Waals surface area contributed by atoms with Gasteiger partial charge in [-0.05, 0) is 43.4 Å². The van der Waals surface area contributed by atoms with Crippen LogP contribution in [0.2, 0.25) is 5.02 Å². The number of alkyl halides is 2. The summed E-state index contributed by atoms with van der Waals surface area (Å²) >= 11 is 6.40. The zero-order valence-corrected chi connectivity index (χ0v) is 18.5. The van der Waals surface area contributed by atoms with Crippen LogP contribution in [0.3, 0.4) is 0 Å². The molecule has 1 aromatic carbocycles. The van der Waals surface area contributed by atoms with Crippen LogP contribution in [0.5, 0.6) is 17.6 Å². The highest BCUT2D eigenvalue weighted by Gasteiger charge is 2.34. The highest BCUT2D eigenvalue weighted by molar-refractivity contribution is 6.32. The normalized spacial score (nSPS) is 17.9. The quantitative estimate of drug-likeness (QED) is 0.554. The summed E-state index contributed by atoms with van der Waals surface area (Å²) in [5.74, 6) is -0.739. The van der Waals surface area contributed by atoms with Crippen LogP contribution in [0.4, 0.5) is 19.0 Å². The second kappa shape index (κ2) is 8.09. The number of aromatic hydroxyl groups is 1. The molecule has 174 valence electrons. The first-order valence-corrected chi connectivity index (χ1v) is 10.8. The summed E-state index contributed by atoms with van der Waals surface area (Å²) in [5, 5.41) is 10.6. The lowest BCUT2D eigenvalue weighted by Gasteiger charge is -2.28. The summed E-state index contributed by atoms with van der Waals surface area (Å²) in [5.41, 5.74) is 0.753. The molecule has 1 aliphatic heterocycles. The van der Waals surface area contributed by atoms with Crippen molar-refractivity contribution < 1.29 is 27.8 Å². The number of nitrogens with zero attached hydrogens (tertiary/aromatic N) is 4.